The van der Waals surface area contributed by atoms with Gasteiger partial charge in [0.05, 0.1) is 17.2 Å². The largest absolute Gasteiger partial charge is 0.466 e. The average molecular weight is 221 g/mol. The van der Waals surface area contributed by atoms with Gasteiger partial charge in [-0.25, -0.2) is 4.79 Å². The van der Waals surface area contributed by atoms with Crippen molar-refractivity contribution in [2.75, 3.05) is 7.11 Å². The van der Waals surface area contributed by atoms with E-state index in [2.05, 4.69) is 20.7 Å². The van der Waals surface area contributed by atoms with Crippen LogP contribution in [0.5, 0.6) is 0 Å². The molecule has 0 aromatic carbocycles. The van der Waals surface area contributed by atoms with Crippen molar-refractivity contribution in [3.63, 3.8) is 0 Å². The molecular weight excluding hydrogens is 212 g/mol. The summed E-state index contributed by atoms with van der Waals surface area (Å²) >= 11 is 2.98. The van der Waals surface area contributed by atoms with Crippen molar-refractivity contribution >= 4 is 27.7 Å². The second kappa shape index (κ2) is 4.28. The number of hydrogen-bond donors (Lipinski definition) is 0. The lowest BCUT2D eigenvalue weighted by atomic mass is 10.2. The molecule has 0 radical (unpaired) electrons. The maximum absolute atomic E-state index is 10.8. The van der Waals surface area contributed by atoms with Gasteiger partial charge in [-0.2, -0.15) is 0 Å². The lowest BCUT2D eigenvalue weighted by Gasteiger charge is -1.99. The highest BCUT2D eigenvalue weighted by atomic mass is 79.9. The minimum Gasteiger partial charge on any atom is -0.466 e. The molecule has 0 aromatic rings. The van der Waals surface area contributed by atoms with Gasteiger partial charge in [-0.05, 0) is 29.8 Å². The first-order chi connectivity index (χ1) is 5.00. The molecule has 62 valence electrons. The van der Waals surface area contributed by atoms with Crippen LogP contribution in [0.4, 0.5) is 0 Å². The summed E-state index contributed by atoms with van der Waals surface area (Å²) in [7, 11) is 1.27. The topological polar surface area (TPSA) is 43.4 Å². The molecule has 0 aliphatic carbocycles. The standard InChI is InChI=1S/C7H9BrO3/c1-4(7(10)11-3)6(8)5(2)9/h1-3H3. The maximum atomic E-state index is 10.8. The molecule has 11 heavy (non-hydrogen) atoms. The van der Waals surface area contributed by atoms with Crippen LogP contribution in [-0.2, 0) is 14.3 Å². The van der Waals surface area contributed by atoms with E-state index in [1.807, 2.05) is 0 Å². The highest BCUT2D eigenvalue weighted by Crippen LogP contribution is 2.13. The molecule has 0 N–H and O–H groups in total. The summed E-state index contributed by atoms with van der Waals surface area (Å²) < 4.78 is 4.67. The van der Waals surface area contributed by atoms with Gasteiger partial charge in [-0.3, -0.25) is 4.79 Å². The van der Waals surface area contributed by atoms with Gasteiger partial charge in [0.15, 0.2) is 5.78 Å². The van der Waals surface area contributed by atoms with E-state index in [0.717, 1.165) is 0 Å². The number of carbonyl (C=O) groups excluding carboxylic acids is 2. The maximum Gasteiger partial charge on any atom is 0.334 e. The number of halogens is 1. The normalized spacial score (nSPS) is 12.0. The van der Waals surface area contributed by atoms with Gasteiger partial charge in [0.25, 0.3) is 0 Å². The van der Waals surface area contributed by atoms with Gasteiger partial charge in [0, 0.05) is 0 Å². The third kappa shape index (κ3) is 2.84. The SMILES string of the molecule is COC(=O)C(C)=C(Br)C(C)=O. The van der Waals surface area contributed by atoms with E-state index >= 15 is 0 Å². The van der Waals surface area contributed by atoms with Gasteiger partial charge in [-0.1, -0.05) is 0 Å². The zero-order chi connectivity index (χ0) is 9.02. The Kier molecular flexibility index (Phi) is 4.03. The zero-order valence-electron chi connectivity index (χ0n) is 6.60. The lowest BCUT2D eigenvalue weighted by molar-refractivity contribution is -0.136. The van der Waals surface area contributed by atoms with Crippen LogP contribution in [0.15, 0.2) is 10.1 Å². The van der Waals surface area contributed by atoms with Gasteiger partial charge in [0.2, 0.25) is 0 Å². The fraction of sp³-hybridized carbons (Fsp3) is 0.429. The molecule has 0 aromatic heterocycles. The number of methoxy groups -OCH3 is 1. The Hall–Kier alpha value is -0.640. The Morgan fingerprint density at radius 3 is 2.00 bits per heavy atom. The quantitative estimate of drug-likeness (QED) is 0.523. The van der Waals surface area contributed by atoms with Gasteiger partial charge >= 0.3 is 5.97 Å². The van der Waals surface area contributed by atoms with Crippen LogP contribution >= 0.6 is 15.9 Å². The number of ether oxygens (including phenoxy) is 1. The monoisotopic (exact) mass is 220 g/mol. The summed E-state index contributed by atoms with van der Waals surface area (Å²) in [5.74, 6) is -0.681. The van der Waals surface area contributed by atoms with Crippen LogP contribution < -0.4 is 0 Å². The Balaban J connectivity index is 4.66. The molecule has 0 aliphatic rings. The summed E-state index contributed by atoms with van der Waals surface area (Å²) in [6.07, 6.45) is 0. The fourth-order valence-electron chi connectivity index (χ4n) is 0.507. The van der Waals surface area contributed by atoms with Crippen LogP contribution in [0.3, 0.4) is 0 Å². The van der Waals surface area contributed by atoms with Crippen molar-refractivity contribution in [2.24, 2.45) is 0 Å². The Bertz CT molecular complexity index is 218. The number of Topliss-reactive ketones (excluding diaryl/α,β-unsaturated/α-hetero) is 1. The van der Waals surface area contributed by atoms with Crippen LogP contribution in [0.1, 0.15) is 13.8 Å². The van der Waals surface area contributed by atoms with E-state index in [0.29, 0.717) is 5.57 Å². The van der Waals surface area contributed by atoms with Crippen LogP contribution in [0, 0.1) is 0 Å². The molecule has 4 heteroatoms. The molecule has 0 aliphatic heterocycles. The molecule has 3 nitrogen and oxygen atoms in total. The molecule has 0 saturated heterocycles. The molecule has 0 rings (SSSR count). The highest BCUT2D eigenvalue weighted by molar-refractivity contribution is 9.12. The number of hydrogen-bond acceptors (Lipinski definition) is 3. The molecule has 0 saturated carbocycles. The highest BCUT2D eigenvalue weighted by Gasteiger charge is 2.11. The summed E-state index contributed by atoms with van der Waals surface area (Å²) in [6.45, 7) is 2.90. The summed E-state index contributed by atoms with van der Waals surface area (Å²) in [5, 5.41) is 0. The lowest BCUT2D eigenvalue weighted by Crippen LogP contribution is -2.05. The number of rotatable bonds is 2. The number of esters is 1. The molecule has 0 unspecified atom stereocenters. The Morgan fingerprint density at radius 1 is 1.27 bits per heavy atom. The smallest absolute Gasteiger partial charge is 0.334 e. The van der Waals surface area contributed by atoms with Crippen LogP contribution in [-0.4, -0.2) is 18.9 Å². The molecule has 0 bridgehead atoms. The predicted octanol–water partition coefficient (Wildman–Crippen LogP) is 1.42. The van der Waals surface area contributed by atoms with E-state index in [4.69, 9.17) is 0 Å². The van der Waals surface area contributed by atoms with Crippen molar-refractivity contribution in [3.8, 4) is 0 Å². The molecule has 0 amide bonds. The minimum absolute atomic E-state index is 0.187. The van der Waals surface area contributed by atoms with E-state index in [1.54, 1.807) is 0 Å². The summed E-state index contributed by atoms with van der Waals surface area (Å²) in [5.41, 5.74) is 0.292. The average Bonchev–Trinajstić information content (AvgIpc) is 2.00. The Labute approximate surface area is 73.5 Å². The van der Waals surface area contributed by atoms with Crippen molar-refractivity contribution in [3.05, 3.63) is 10.1 Å². The first-order valence-corrected chi connectivity index (χ1v) is 3.75. The number of carbonyl (C=O) groups is 2. The van der Waals surface area contributed by atoms with Crippen molar-refractivity contribution in [1.29, 1.82) is 0 Å². The Morgan fingerprint density at radius 2 is 1.73 bits per heavy atom. The predicted molar refractivity (Wildman–Crippen MR) is 44.3 cm³/mol. The first-order valence-electron chi connectivity index (χ1n) is 2.96. The summed E-state index contributed by atoms with van der Waals surface area (Å²) in [4.78, 5) is 21.5. The van der Waals surface area contributed by atoms with Crippen molar-refractivity contribution in [2.45, 2.75) is 13.8 Å². The third-order valence-corrected chi connectivity index (χ3v) is 2.28. The minimum atomic E-state index is -0.493. The molecule has 0 atom stereocenters. The second-order valence-electron chi connectivity index (χ2n) is 1.99. The van der Waals surface area contributed by atoms with E-state index in [9.17, 15) is 9.59 Å². The van der Waals surface area contributed by atoms with Gasteiger partial charge < -0.3 is 4.74 Å². The second-order valence-corrected chi connectivity index (χ2v) is 2.78. The molecule has 0 spiro atoms. The summed E-state index contributed by atoms with van der Waals surface area (Å²) in [6, 6.07) is 0. The first kappa shape index (κ1) is 10.4. The molecule has 0 heterocycles. The number of allylic oxidation sites excluding steroid dienone is 1. The van der Waals surface area contributed by atoms with Crippen LogP contribution in [0.2, 0.25) is 0 Å². The van der Waals surface area contributed by atoms with Gasteiger partial charge in [0.1, 0.15) is 0 Å². The molecular formula is C7H9BrO3. The third-order valence-electron chi connectivity index (χ3n) is 1.13. The number of ketones is 1. The molecule has 0 fully saturated rings. The zero-order valence-corrected chi connectivity index (χ0v) is 8.19. The van der Waals surface area contributed by atoms with Crippen molar-refractivity contribution in [1.82, 2.24) is 0 Å². The van der Waals surface area contributed by atoms with Crippen LogP contribution in [0.25, 0.3) is 0 Å². The fourth-order valence-corrected chi connectivity index (χ4v) is 0.669. The van der Waals surface area contributed by atoms with Crippen molar-refractivity contribution < 1.29 is 14.3 Å². The van der Waals surface area contributed by atoms with Gasteiger partial charge in [-0.15, -0.1) is 0 Å². The van der Waals surface area contributed by atoms with E-state index in [-0.39, 0.29) is 10.3 Å². The van der Waals surface area contributed by atoms with E-state index in [1.165, 1.54) is 21.0 Å². The van der Waals surface area contributed by atoms with E-state index < -0.39 is 5.97 Å².